The Kier molecular flexibility index (Phi) is 4.74. The van der Waals surface area contributed by atoms with Gasteiger partial charge in [-0.1, -0.05) is 19.1 Å². The van der Waals surface area contributed by atoms with Crippen LogP contribution in [0.1, 0.15) is 24.0 Å². The summed E-state index contributed by atoms with van der Waals surface area (Å²) in [5.41, 5.74) is 1.47. The Balaban J connectivity index is 2.07. The standard InChI is InChI=1S/C22H24N2O8/c1-7-8-5-4-6-9(25)11(8)16(26)12-10(7)17(27)14-15(24(2)3)18(28)13(21(23)31)20(30)22(14,32)19(12)29/h4-7,10,14-15,17,25-27,30,32H,1-3H3,(H2,23,31)/t7-,10+,14+,15-,17-,22+/m0/s1. The van der Waals surface area contributed by atoms with Gasteiger partial charge in [0, 0.05) is 11.5 Å². The van der Waals surface area contributed by atoms with E-state index < -0.39 is 75.6 Å². The molecule has 7 N–H and O–H groups in total. The zero-order chi connectivity index (χ0) is 23.9. The lowest BCUT2D eigenvalue weighted by molar-refractivity contribution is -0.169. The van der Waals surface area contributed by atoms with Crippen LogP contribution >= 0.6 is 0 Å². The second-order valence-electron chi connectivity index (χ2n) is 8.79. The van der Waals surface area contributed by atoms with E-state index >= 15 is 0 Å². The Morgan fingerprint density at radius 2 is 1.78 bits per heavy atom. The molecule has 0 saturated heterocycles. The number of phenolic OH excluding ortho intramolecular Hbond substituents is 1. The number of nitrogens with two attached hydrogens (primary N) is 1. The molecule has 1 amide bonds. The summed E-state index contributed by atoms with van der Waals surface area (Å²) in [5, 5.41) is 54.9. The fourth-order valence-corrected chi connectivity index (χ4v) is 5.58. The third-order valence-corrected chi connectivity index (χ3v) is 6.99. The number of aliphatic hydroxyl groups is 4. The minimum Gasteiger partial charge on any atom is -0.508 e. The number of carbonyl (C=O) groups is 3. The molecule has 0 aliphatic heterocycles. The molecule has 10 nitrogen and oxygen atoms in total. The Bertz CT molecular complexity index is 1140. The van der Waals surface area contributed by atoms with Crippen molar-refractivity contribution in [2.45, 2.75) is 30.6 Å². The summed E-state index contributed by atoms with van der Waals surface area (Å²) in [6.07, 6.45) is -1.59. The zero-order valence-corrected chi connectivity index (χ0v) is 17.6. The minimum absolute atomic E-state index is 0.0245. The number of carbonyl (C=O) groups excluding carboxylic acids is 3. The molecule has 1 saturated carbocycles. The van der Waals surface area contributed by atoms with E-state index in [2.05, 4.69) is 0 Å². The molecular formula is C22H24N2O8. The van der Waals surface area contributed by atoms with Gasteiger partial charge in [-0.2, -0.15) is 0 Å². The fraction of sp³-hybridized carbons (Fsp3) is 0.409. The van der Waals surface area contributed by atoms with Gasteiger partial charge in [0.05, 0.1) is 23.6 Å². The molecule has 0 aromatic heterocycles. The van der Waals surface area contributed by atoms with Crippen LogP contribution in [0.5, 0.6) is 5.75 Å². The van der Waals surface area contributed by atoms with Crippen LogP contribution in [0.4, 0.5) is 0 Å². The highest BCUT2D eigenvalue weighted by molar-refractivity contribution is 6.24. The molecule has 4 rings (SSSR count). The van der Waals surface area contributed by atoms with Crippen LogP contribution in [-0.2, 0) is 14.4 Å². The lowest BCUT2D eigenvalue weighted by atomic mass is 9.54. The average Bonchev–Trinajstić information content (AvgIpc) is 2.70. The molecule has 170 valence electrons. The number of hydrogen-bond acceptors (Lipinski definition) is 9. The number of primary amides is 1. The van der Waals surface area contributed by atoms with Crippen LogP contribution in [0.15, 0.2) is 35.1 Å². The highest BCUT2D eigenvalue weighted by Gasteiger charge is 2.68. The van der Waals surface area contributed by atoms with Gasteiger partial charge in [-0.05, 0) is 31.6 Å². The molecule has 1 aromatic carbocycles. The molecule has 0 spiro atoms. The van der Waals surface area contributed by atoms with Gasteiger partial charge in [0.25, 0.3) is 5.91 Å². The maximum atomic E-state index is 13.7. The van der Waals surface area contributed by atoms with E-state index in [9.17, 15) is 39.9 Å². The molecule has 6 atom stereocenters. The number of aliphatic hydroxyl groups excluding tert-OH is 3. The van der Waals surface area contributed by atoms with Crippen molar-refractivity contribution in [1.82, 2.24) is 4.90 Å². The van der Waals surface area contributed by atoms with Gasteiger partial charge in [-0.3, -0.25) is 19.3 Å². The van der Waals surface area contributed by atoms with Gasteiger partial charge < -0.3 is 31.3 Å². The summed E-state index contributed by atoms with van der Waals surface area (Å²) in [4.78, 5) is 40.0. The normalized spacial score (nSPS) is 34.4. The molecular weight excluding hydrogens is 420 g/mol. The number of Topliss-reactive ketones (excluding diaryl/α,β-unsaturated/α-hetero) is 2. The number of likely N-dealkylation sites (N-methyl/N-ethyl adjacent to an activating group) is 1. The van der Waals surface area contributed by atoms with E-state index in [1.807, 2.05) is 0 Å². The Morgan fingerprint density at radius 3 is 2.34 bits per heavy atom. The Labute approximate surface area is 182 Å². The topological polar surface area (TPSA) is 182 Å². The van der Waals surface area contributed by atoms with Gasteiger partial charge >= 0.3 is 0 Å². The van der Waals surface area contributed by atoms with Crippen LogP contribution in [0.2, 0.25) is 0 Å². The maximum Gasteiger partial charge on any atom is 0.255 e. The average molecular weight is 444 g/mol. The summed E-state index contributed by atoms with van der Waals surface area (Å²) < 4.78 is 0. The minimum atomic E-state index is -2.89. The third kappa shape index (κ3) is 2.48. The summed E-state index contributed by atoms with van der Waals surface area (Å²) >= 11 is 0. The van der Waals surface area contributed by atoms with Crippen LogP contribution in [0.3, 0.4) is 0 Å². The smallest absolute Gasteiger partial charge is 0.255 e. The summed E-state index contributed by atoms with van der Waals surface area (Å²) in [7, 11) is 2.92. The predicted molar refractivity (Wildman–Crippen MR) is 110 cm³/mol. The fourth-order valence-electron chi connectivity index (χ4n) is 5.58. The number of nitrogens with zero attached hydrogens (tertiary/aromatic N) is 1. The van der Waals surface area contributed by atoms with Gasteiger partial charge in [0.1, 0.15) is 22.8 Å². The van der Waals surface area contributed by atoms with Crippen molar-refractivity contribution in [3.05, 3.63) is 46.2 Å². The molecule has 3 aliphatic carbocycles. The van der Waals surface area contributed by atoms with Gasteiger partial charge in [-0.25, -0.2) is 0 Å². The van der Waals surface area contributed by atoms with Crippen molar-refractivity contribution in [3.63, 3.8) is 0 Å². The molecule has 0 heterocycles. The lowest BCUT2D eigenvalue weighted by Crippen LogP contribution is -2.70. The highest BCUT2D eigenvalue weighted by Crippen LogP contribution is 2.55. The number of hydrogen-bond donors (Lipinski definition) is 6. The summed E-state index contributed by atoms with van der Waals surface area (Å²) in [6, 6.07) is 3.13. The number of fused-ring (bicyclic) bond motifs is 3. The first-order valence-corrected chi connectivity index (χ1v) is 10.0. The molecule has 0 unspecified atom stereocenters. The molecule has 10 heteroatoms. The second kappa shape index (κ2) is 6.89. The molecule has 1 fully saturated rings. The van der Waals surface area contributed by atoms with E-state index in [4.69, 9.17) is 5.73 Å². The molecule has 1 aromatic rings. The summed E-state index contributed by atoms with van der Waals surface area (Å²) in [6.45, 7) is 1.68. The third-order valence-electron chi connectivity index (χ3n) is 6.99. The van der Waals surface area contributed by atoms with Crippen LogP contribution < -0.4 is 5.73 Å². The number of phenols is 1. The van der Waals surface area contributed by atoms with E-state index in [0.29, 0.717) is 5.56 Å². The highest BCUT2D eigenvalue weighted by atomic mass is 16.4. The number of amides is 1. The Hall–Kier alpha value is -3.21. The van der Waals surface area contributed by atoms with E-state index in [0.717, 1.165) is 0 Å². The maximum absolute atomic E-state index is 13.7. The van der Waals surface area contributed by atoms with E-state index in [1.165, 1.54) is 25.1 Å². The van der Waals surface area contributed by atoms with E-state index in [1.54, 1.807) is 19.1 Å². The van der Waals surface area contributed by atoms with Crippen molar-refractivity contribution < 1.29 is 39.9 Å². The Morgan fingerprint density at radius 1 is 1.16 bits per heavy atom. The lowest BCUT2D eigenvalue weighted by Gasteiger charge is -2.53. The largest absolute Gasteiger partial charge is 0.508 e. The van der Waals surface area contributed by atoms with Gasteiger partial charge in [0.15, 0.2) is 11.4 Å². The van der Waals surface area contributed by atoms with Crippen molar-refractivity contribution in [2.24, 2.45) is 17.6 Å². The number of benzene rings is 1. The zero-order valence-electron chi connectivity index (χ0n) is 17.6. The van der Waals surface area contributed by atoms with Gasteiger partial charge in [-0.15, -0.1) is 0 Å². The molecule has 0 bridgehead atoms. The molecule has 32 heavy (non-hydrogen) atoms. The quantitative estimate of drug-likeness (QED) is 0.327. The number of ketones is 2. The molecule has 3 aliphatic rings. The van der Waals surface area contributed by atoms with Crippen molar-refractivity contribution in [3.8, 4) is 5.75 Å². The first kappa shape index (κ1) is 22.0. The first-order valence-electron chi connectivity index (χ1n) is 10.0. The van der Waals surface area contributed by atoms with Crippen molar-refractivity contribution >= 4 is 23.2 Å². The SMILES string of the molecule is C[C@H]1c2cccc(O)c2C(O)=C2C(=O)[C@@]3(O)C(O)=C(C(N)=O)C(=O)[C@@H](N(C)C)[C@@H]3[C@@H](O)[C@@H]21. The second-order valence-corrected chi connectivity index (χ2v) is 8.79. The van der Waals surface area contributed by atoms with Crippen LogP contribution in [0, 0.1) is 11.8 Å². The summed E-state index contributed by atoms with van der Waals surface area (Å²) in [5.74, 6) is -8.87. The molecule has 0 radical (unpaired) electrons. The van der Waals surface area contributed by atoms with E-state index in [-0.39, 0.29) is 11.3 Å². The van der Waals surface area contributed by atoms with Crippen LogP contribution in [0.25, 0.3) is 5.76 Å². The number of rotatable bonds is 2. The van der Waals surface area contributed by atoms with Crippen molar-refractivity contribution in [2.75, 3.05) is 14.1 Å². The van der Waals surface area contributed by atoms with Crippen molar-refractivity contribution in [1.29, 1.82) is 0 Å². The first-order chi connectivity index (χ1) is 14.9. The van der Waals surface area contributed by atoms with Gasteiger partial charge in [0.2, 0.25) is 5.78 Å². The monoisotopic (exact) mass is 444 g/mol. The number of aromatic hydroxyl groups is 1. The van der Waals surface area contributed by atoms with Crippen LogP contribution in [-0.4, -0.2) is 79.7 Å². The predicted octanol–water partition coefficient (Wildman–Crippen LogP) is -0.504.